The van der Waals surface area contributed by atoms with E-state index in [-0.39, 0.29) is 18.4 Å². The third-order valence-corrected chi connectivity index (χ3v) is 8.04. The largest absolute Gasteiger partial charge is 0.361 e. The van der Waals surface area contributed by atoms with E-state index in [1.165, 1.54) is 0 Å². The van der Waals surface area contributed by atoms with Crippen LogP contribution in [0.2, 0.25) is 0 Å². The Labute approximate surface area is 236 Å². The summed E-state index contributed by atoms with van der Waals surface area (Å²) in [5.74, 6) is -0.541. The van der Waals surface area contributed by atoms with E-state index in [1.807, 2.05) is 86.9 Å². The second-order valence-electron chi connectivity index (χ2n) is 11.9. The van der Waals surface area contributed by atoms with Gasteiger partial charge in [-0.05, 0) is 50.3 Å². The minimum absolute atomic E-state index is 0.0548. The summed E-state index contributed by atoms with van der Waals surface area (Å²) in [6.07, 6.45) is 4.12. The molecular weight excluding hydrogens is 504 g/mol. The molecular formula is C31H43N6O3+. The second-order valence-corrected chi connectivity index (χ2v) is 11.9. The molecule has 3 atom stereocenters. The number of benzene rings is 2. The molecule has 1 aliphatic heterocycles. The minimum atomic E-state index is -1.15. The molecule has 0 bridgehead atoms. The van der Waals surface area contributed by atoms with Crippen LogP contribution >= 0.6 is 0 Å². The Hall–Kier alpha value is -3.53. The summed E-state index contributed by atoms with van der Waals surface area (Å²) < 4.78 is 0. The highest BCUT2D eigenvalue weighted by Gasteiger charge is 2.49. The third-order valence-electron chi connectivity index (χ3n) is 8.04. The Bertz CT molecular complexity index is 1350. The number of hydrogen-bond acceptors (Lipinski definition) is 5. The number of nitrogens with one attached hydrogen (secondary N) is 3. The highest BCUT2D eigenvalue weighted by Crippen LogP contribution is 2.34. The number of H-pyrrole nitrogens is 1. The van der Waals surface area contributed by atoms with Gasteiger partial charge in [0.15, 0.2) is 0 Å². The normalized spacial score (nSPS) is 19.4. The Morgan fingerprint density at radius 3 is 2.48 bits per heavy atom. The molecule has 2 heterocycles. The van der Waals surface area contributed by atoms with Crippen LogP contribution in [0.4, 0.5) is 0 Å². The monoisotopic (exact) mass is 547 g/mol. The second kappa shape index (κ2) is 11.9. The maximum atomic E-state index is 14.2. The zero-order chi connectivity index (χ0) is 29.1. The lowest BCUT2D eigenvalue weighted by atomic mass is 9.74. The number of carbonyl (C=O) groups is 3. The Kier molecular flexibility index (Phi) is 8.77. The van der Waals surface area contributed by atoms with E-state index in [9.17, 15) is 14.4 Å². The number of rotatable bonds is 9. The molecule has 9 nitrogen and oxygen atoms in total. The number of piperidine rings is 1. The van der Waals surface area contributed by atoms with Gasteiger partial charge in [0.05, 0.1) is 12.6 Å². The Morgan fingerprint density at radius 2 is 1.80 bits per heavy atom. The lowest BCUT2D eigenvalue weighted by molar-refractivity contribution is -0.923. The molecule has 1 aliphatic rings. The predicted octanol–water partition coefficient (Wildman–Crippen LogP) is 1.30. The molecule has 3 unspecified atom stereocenters. The summed E-state index contributed by atoms with van der Waals surface area (Å²) in [6.45, 7) is 4.06. The molecule has 1 fully saturated rings. The summed E-state index contributed by atoms with van der Waals surface area (Å²) in [4.78, 5) is 46.3. The van der Waals surface area contributed by atoms with Crippen LogP contribution in [-0.4, -0.2) is 78.4 Å². The molecule has 0 radical (unpaired) electrons. The van der Waals surface area contributed by atoms with Crippen molar-refractivity contribution in [2.75, 3.05) is 34.2 Å². The van der Waals surface area contributed by atoms with Gasteiger partial charge in [0.2, 0.25) is 11.8 Å². The van der Waals surface area contributed by atoms with Crippen LogP contribution in [-0.2, 0) is 27.2 Å². The molecule has 214 valence electrons. The number of carbonyl (C=O) groups excluding carboxylic acids is 3. The van der Waals surface area contributed by atoms with Crippen molar-refractivity contribution in [3.05, 3.63) is 71.9 Å². The number of amides is 3. The molecule has 1 aromatic heterocycles. The molecule has 3 aromatic rings. The summed E-state index contributed by atoms with van der Waals surface area (Å²) in [5.41, 5.74) is 7.16. The van der Waals surface area contributed by atoms with Gasteiger partial charge in [-0.25, -0.2) is 4.79 Å². The van der Waals surface area contributed by atoms with Crippen LogP contribution in [0.15, 0.2) is 60.8 Å². The van der Waals surface area contributed by atoms with Crippen LogP contribution < -0.4 is 16.1 Å². The van der Waals surface area contributed by atoms with Gasteiger partial charge in [0.1, 0.15) is 11.5 Å². The average Bonchev–Trinajstić information content (AvgIpc) is 3.34. The van der Waals surface area contributed by atoms with E-state index in [0.29, 0.717) is 37.2 Å². The van der Waals surface area contributed by atoms with Crippen LogP contribution in [0.5, 0.6) is 0 Å². The number of likely N-dealkylation sites (tertiary alicyclic amines) is 1. The third kappa shape index (κ3) is 6.43. The maximum absolute atomic E-state index is 14.2. The highest BCUT2D eigenvalue weighted by atomic mass is 16.2. The molecule has 9 heteroatoms. The van der Waals surface area contributed by atoms with E-state index >= 15 is 0 Å². The zero-order valence-electron chi connectivity index (χ0n) is 24.3. The zero-order valence-corrected chi connectivity index (χ0v) is 24.3. The van der Waals surface area contributed by atoms with Gasteiger partial charge in [-0.15, -0.1) is 0 Å². The van der Waals surface area contributed by atoms with Crippen molar-refractivity contribution in [2.45, 2.75) is 51.1 Å². The van der Waals surface area contributed by atoms with Crippen LogP contribution in [0.1, 0.15) is 37.8 Å². The fourth-order valence-corrected chi connectivity index (χ4v) is 5.59. The number of nitrogens with zero attached hydrogens (tertiary/aromatic N) is 2. The van der Waals surface area contributed by atoms with E-state index in [2.05, 4.69) is 10.3 Å². The van der Waals surface area contributed by atoms with E-state index < -0.39 is 22.9 Å². The van der Waals surface area contributed by atoms with Crippen LogP contribution in [0.3, 0.4) is 0 Å². The smallest absolute Gasteiger partial charge is 0.339 e. The van der Waals surface area contributed by atoms with Gasteiger partial charge in [-0.3, -0.25) is 9.59 Å². The van der Waals surface area contributed by atoms with Gasteiger partial charge >= 0.3 is 5.91 Å². The van der Waals surface area contributed by atoms with Crippen molar-refractivity contribution in [1.82, 2.24) is 20.2 Å². The predicted molar refractivity (Wildman–Crippen MR) is 156 cm³/mol. The molecule has 1 saturated heterocycles. The van der Waals surface area contributed by atoms with Crippen molar-refractivity contribution in [3.8, 4) is 0 Å². The standard InChI is InChI=1S/C31H42N6O3/c1-30(2,32)28(39)34-26(18-23-20-33-25-15-10-9-14-24(23)25)27(38)37-17-11-16-31(21-37,29(40)36(5)35(3)4)19-22-12-7-6-8-13-22/h6-10,12-15,20,26,33H,11,16-19,21,32H2,1-5H3,(H,34,39)/p+1. The Balaban J connectivity index is 1.66. The molecule has 4 rings (SSSR count). The van der Waals surface area contributed by atoms with Crippen molar-refractivity contribution < 1.29 is 19.4 Å². The number of nitrogens with two attached hydrogens (primary N) is 1. The Morgan fingerprint density at radius 1 is 1.12 bits per heavy atom. The number of para-hydroxylation sites is 1. The number of hydrogen-bond donors (Lipinski definition) is 4. The lowest BCUT2D eigenvalue weighted by Gasteiger charge is -2.43. The maximum Gasteiger partial charge on any atom is 0.339 e. The number of fused-ring (bicyclic) bond motifs is 1. The lowest BCUT2D eigenvalue weighted by Crippen LogP contribution is -3.18. The van der Waals surface area contributed by atoms with E-state index in [4.69, 9.17) is 5.73 Å². The first-order chi connectivity index (χ1) is 18.9. The summed E-state index contributed by atoms with van der Waals surface area (Å²) in [7, 11) is 5.59. The molecule has 0 spiro atoms. The van der Waals surface area contributed by atoms with Gasteiger partial charge in [-0.2, -0.15) is 10.0 Å². The minimum Gasteiger partial charge on any atom is -0.361 e. The number of quaternary nitrogens is 1. The topological polar surface area (TPSA) is 116 Å². The van der Waals surface area contributed by atoms with Gasteiger partial charge in [0, 0.05) is 50.7 Å². The summed E-state index contributed by atoms with van der Waals surface area (Å²) in [6, 6.07) is 17.0. The van der Waals surface area contributed by atoms with Gasteiger partial charge in [0.25, 0.3) is 0 Å². The first kappa shape index (κ1) is 29.5. The fourth-order valence-electron chi connectivity index (χ4n) is 5.59. The first-order valence-corrected chi connectivity index (χ1v) is 13.9. The highest BCUT2D eigenvalue weighted by molar-refractivity contribution is 5.93. The summed E-state index contributed by atoms with van der Waals surface area (Å²) in [5, 5.41) is 6.45. The van der Waals surface area contributed by atoms with E-state index in [0.717, 1.165) is 22.0 Å². The van der Waals surface area contributed by atoms with Crippen LogP contribution in [0, 0.1) is 5.41 Å². The molecule has 0 saturated carbocycles. The summed E-state index contributed by atoms with van der Waals surface area (Å²) >= 11 is 0. The molecule has 0 aliphatic carbocycles. The quantitative estimate of drug-likeness (QED) is 0.302. The average molecular weight is 548 g/mol. The van der Waals surface area contributed by atoms with Crippen LogP contribution in [0.25, 0.3) is 10.9 Å². The van der Waals surface area contributed by atoms with Gasteiger partial charge in [-0.1, -0.05) is 48.5 Å². The van der Waals surface area contributed by atoms with Crippen molar-refractivity contribution in [1.29, 1.82) is 0 Å². The number of aromatic amines is 1. The molecule has 2 aromatic carbocycles. The van der Waals surface area contributed by atoms with E-state index in [1.54, 1.807) is 18.7 Å². The molecule has 40 heavy (non-hydrogen) atoms. The molecule has 3 amide bonds. The fraction of sp³-hybridized carbons (Fsp3) is 0.452. The van der Waals surface area contributed by atoms with Crippen molar-refractivity contribution in [2.24, 2.45) is 11.1 Å². The van der Waals surface area contributed by atoms with Crippen molar-refractivity contribution >= 4 is 28.6 Å². The van der Waals surface area contributed by atoms with Gasteiger partial charge < -0.3 is 20.9 Å². The number of aromatic nitrogens is 1. The SMILES string of the molecule is CN(C)[NH+](C)C(=O)C1(Cc2ccccc2)CCCN(C(=O)C(Cc2c[nH]c3ccccc23)NC(=O)C(C)(C)N)C1. The first-order valence-electron chi connectivity index (χ1n) is 13.9. The molecule has 5 N–H and O–H groups in total. The van der Waals surface area contributed by atoms with Crippen molar-refractivity contribution in [3.63, 3.8) is 0 Å².